The molecule has 0 radical (unpaired) electrons. The maximum Gasteiger partial charge on any atom is 0.233 e. The molecule has 27 heavy (non-hydrogen) atoms. The van der Waals surface area contributed by atoms with Crippen molar-refractivity contribution in [2.24, 2.45) is 4.99 Å². The Kier molecular flexibility index (Phi) is 4.71. The Bertz CT molecular complexity index is 982. The molecule has 0 spiro atoms. The maximum atomic E-state index is 13.2. The van der Waals surface area contributed by atoms with E-state index in [-0.39, 0.29) is 12.3 Å². The molecule has 0 saturated heterocycles. The van der Waals surface area contributed by atoms with E-state index in [2.05, 4.69) is 0 Å². The standard InChI is InChI=1S/C23H20N2O2/c1-27-19-12-13-20-22(14-19)25(16-17-8-4-2-5-9-17)23(26)15-21(24-20)18-10-6-3-7-11-18/h2-14H,15-16H2,1H3. The van der Waals surface area contributed by atoms with Crippen molar-refractivity contribution in [2.45, 2.75) is 13.0 Å². The summed E-state index contributed by atoms with van der Waals surface area (Å²) >= 11 is 0. The number of carbonyl (C=O) groups is 1. The summed E-state index contributed by atoms with van der Waals surface area (Å²) in [6.07, 6.45) is 0.258. The van der Waals surface area contributed by atoms with Crippen molar-refractivity contribution in [2.75, 3.05) is 12.0 Å². The molecule has 4 nitrogen and oxygen atoms in total. The Morgan fingerprint density at radius 2 is 1.67 bits per heavy atom. The summed E-state index contributed by atoms with van der Waals surface area (Å²) < 4.78 is 5.38. The smallest absolute Gasteiger partial charge is 0.233 e. The predicted octanol–water partition coefficient (Wildman–Crippen LogP) is 4.75. The van der Waals surface area contributed by atoms with Crippen molar-refractivity contribution in [1.82, 2.24) is 0 Å². The van der Waals surface area contributed by atoms with E-state index in [1.54, 1.807) is 12.0 Å². The molecule has 0 bridgehead atoms. The van der Waals surface area contributed by atoms with E-state index in [1.807, 2.05) is 78.9 Å². The SMILES string of the molecule is COc1ccc2c(c1)N(Cc1ccccc1)C(=O)CC(c1ccccc1)=N2. The highest BCUT2D eigenvalue weighted by molar-refractivity contribution is 6.17. The Labute approximate surface area is 158 Å². The van der Waals surface area contributed by atoms with Gasteiger partial charge in [0, 0.05) is 6.07 Å². The Hall–Kier alpha value is -3.40. The highest BCUT2D eigenvalue weighted by Crippen LogP contribution is 2.37. The third-order valence-corrected chi connectivity index (χ3v) is 4.64. The molecule has 1 heterocycles. The number of carbonyl (C=O) groups excluding carboxylic acids is 1. The van der Waals surface area contributed by atoms with Gasteiger partial charge in [0.25, 0.3) is 0 Å². The van der Waals surface area contributed by atoms with Crippen molar-refractivity contribution in [3.05, 3.63) is 90.0 Å². The van der Waals surface area contributed by atoms with Crippen LogP contribution in [0, 0.1) is 0 Å². The molecule has 0 N–H and O–H groups in total. The van der Waals surface area contributed by atoms with E-state index in [0.717, 1.165) is 28.2 Å². The third kappa shape index (κ3) is 3.60. The Balaban J connectivity index is 1.79. The number of methoxy groups -OCH3 is 1. The lowest BCUT2D eigenvalue weighted by molar-refractivity contribution is -0.117. The number of amides is 1. The first-order valence-electron chi connectivity index (χ1n) is 8.90. The number of aliphatic imine (C=N–C) groups is 1. The van der Waals surface area contributed by atoms with E-state index in [1.165, 1.54) is 0 Å². The van der Waals surface area contributed by atoms with Crippen LogP contribution in [0.1, 0.15) is 17.5 Å². The molecule has 3 aromatic carbocycles. The van der Waals surface area contributed by atoms with E-state index < -0.39 is 0 Å². The zero-order valence-electron chi connectivity index (χ0n) is 15.1. The second-order valence-corrected chi connectivity index (χ2v) is 6.42. The molecular formula is C23H20N2O2. The van der Waals surface area contributed by atoms with Crippen LogP contribution < -0.4 is 9.64 Å². The number of rotatable bonds is 4. The van der Waals surface area contributed by atoms with E-state index >= 15 is 0 Å². The lowest BCUT2D eigenvalue weighted by atomic mass is 10.1. The minimum absolute atomic E-state index is 0.0217. The van der Waals surface area contributed by atoms with Crippen LogP contribution in [0.2, 0.25) is 0 Å². The first-order chi connectivity index (χ1) is 13.2. The van der Waals surface area contributed by atoms with Crippen molar-refractivity contribution >= 4 is 23.0 Å². The van der Waals surface area contributed by atoms with Crippen molar-refractivity contribution in [1.29, 1.82) is 0 Å². The van der Waals surface area contributed by atoms with E-state index in [0.29, 0.717) is 12.3 Å². The molecule has 0 fully saturated rings. The minimum atomic E-state index is 0.0217. The lowest BCUT2D eigenvalue weighted by Crippen LogP contribution is -2.31. The molecule has 4 rings (SSSR count). The van der Waals surface area contributed by atoms with Crippen molar-refractivity contribution in [3.8, 4) is 5.75 Å². The van der Waals surface area contributed by atoms with Crippen molar-refractivity contribution < 1.29 is 9.53 Å². The van der Waals surface area contributed by atoms with Gasteiger partial charge in [0.2, 0.25) is 5.91 Å². The number of nitrogens with zero attached hydrogens (tertiary/aromatic N) is 2. The second kappa shape index (κ2) is 7.46. The van der Waals surface area contributed by atoms with Crippen LogP contribution in [-0.4, -0.2) is 18.7 Å². The molecule has 1 aliphatic rings. The molecule has 0 aliphatic carbocycles. The van der Waals surface area contributed by atoms with Gasteiger partial charge >= 0.3 is 0 Å². The normalized spacial score (nSPS) is 13.6. The molecule has 134 valence electrons. The number of benzene rings is 3. The summed E-state index contributed by atoms with van der Waals surface area (Å²) in [7, 11) is 1.63. The maximum absolute atomic E-state index is 13.2. The molecular weight excluding hydrogens is 336 g/mol. The number of hydrogen-bond acceptors (Lipinski definition) is 3. The van der Waals surface area contributed by atoms with Gasteiger partial charge in [0.1, 0.15) is 5.75 Å². The average molecular weight is 356 g/mol. The number of fused-ring (bicyclic) bond motifs is 1. The summed E-state index contributed by atoms with van der Waals surface area (Å²) in [5.74, 6) is 0.728. The summed E-state index contributed by atoms with van der Waals surface area (Å²) in [5, 5.41) is 0. The van der Waals surface area contributed by atoms with Crippen LogP contribution >= 0.6 is 0 Å². The van der Waals surface area contributed by atoms with Crippen LogP contribution in [-0.2, 0) is 11.3 Å². The summed E-state index contributed by atoms with van der Waals surface area (Å²) in [6, 6.07) is 25.5. The fourth-order valence-corrected chi connectivity index (χ4v) is 3.24. The molecule has 4 heteroatoms. The monoisotopic (exact) mass is 356 g/mol. The lowest BCUT2D eigenvalue weighted by Gasteiger charge is -2.23. The van der Waals surface area contributed by atoms with Gasteiger partial charge in [-0.25, -0.2) is 0 Å². The first-order valence-corrected chi connectivity index (χ1v) is 8.90. The fourth-order valence-electron chi connectivity index (χ4n) is 3.24. The minimum Gasteiger partial charge on any atom is -0.497 e. The molecule has 1 aliphatic heterocycles. The quantitative estimate of drug-likeness (QED) is 0.677. The largest absolute Gasteiger partial charge is 0.497 e. The highest BCUT2D eigenvalue weighted by Gasteiger charge is 2.25. The van der Waals surface area contributed by atoms with Gasteiger partial charge in [0.15, 0.2) is 0 Å². The van der Waals surface area contributed by atoms with Crippen LogP contribution in [0.25, 0.3) is 0 Å². The van der Waals surface area contributed by atoms with Gasteiger partial charge in [-0.15, -0.1) is 0 Å². The van der Waals surface area contributed by atoms with Gasteiger partial charge in [-0.3, -0.25) is 9.79 Å². The zero-order valence-corrected chi connectivity index (χ0v) is 15.1. The number of anilines is 1. The number of ether oxygens (including phenoxy) is 1. The van der Waals surface area contributed by atoms with Crippen LogP contribution in [0.4, 0.5) is 11.4 Å². The number of hydrogen-bond donors (Lipinski definition) is 0. The fraction of sp³-hybridized carbons (Fsp3) is 0.130. The highest BCUT2D eigenvalue weighted by atomic mass is 16.5. The Morgan fingerprint density at radius 1 is 0.963 bits per heavy atom. The topological polar surface area (TPSA) is 41.9 Å². The molecule has 0 unspecified atom stereocenters. The summed E-state index contributed by atoms with van der Waals surface area (Å²) in [6.45, 7) is 0.497. The molecule has 3 aromatic rings. The first kappa shape index (κ1) is 17.0. The zero-order chi connectivity index (χ0) is 18.6. The predicted molar refractivity (Wildman–Crippen MR) is 108 cm³/mol. The molecule has 0 aromatic heterocycles. The van der Waals surface area contributed by atoms with E-state index in [9.17, 15) is 4.79 Å². The Morgan fingerprint density at radius 3 is 2.37 bits per heavy atom. The summed E-state index contributed by atoms with van der Waals surface area (Å²) in [4.78, 5) is 19.8. The van der Waals surface area contributed by atoms with Gasteiger partial charge in [-0.2, -0.15) is 0 Å². The molecule has 0 saturated carbocycles. The van der Waals surface area contributed by atoms with Gasteiger partial charge in [-0.1, -0.05) is 60.7 Å². The molecule has 1 amide bonds. The van der Waals surface area contributed by atoms with Gasteiger partial charge in [0.05, 0.1) is 37.2 Å². The van der Waals surface area contributed by atoms with Gasteiger partial charge < -0.3 is 9.64 Å². The molecule has 0 atom stereocenters. The van der Waals surface area contributed by atoms with Crippen LogP contribution in [0.5, 0.6) is 5.75 Å². The third-order valence-electron chi connectivity index (χ3n) is 4.64. The van der Waals surface area contributed by atoms with E-state index in [4.69, 9.17) is 9.73 Å². The van der Waals surface area contributed by atoms with Gasteiger partial charge in [-0.05, 0) is 23.3 Å². The van der Waals surface area contributed by atoms with Crippen LogP contribution in [0.15, 0.2) is 83.9 Å². The summed E-state index contributed by atoms with van der Waals surface area (Å²) in [5.41, 5.74) is 4.37. The second-order valence-electron chi connectivity index (χ2n) is 6.42. The average Bonchev–Trinajstić information content (AvgIpc) is 2.86. The van der Waals surface area contributed by atoms with Crippen molar-refractivity contribution in [3.63, 3.8) is 0 Å². The van der Waals surface area contributed by atoms with Crippen LogP contribution in [0.3, 0.4) is 0 Å².